The average molecular weight is 266 g/mol. The number of hydrogen-bond acceptors (Lipinski definition) is 5. The van der Waals surface area contributed by atoms with Crippen LogP contribution in [-0.4, -0.2) is 39.9 Å². The molecule has 0 saturated carbocycles. The topological polar surface area (TPSA) is 27.7 Å². The Bertz CT molecular complexity index is 233. The first-order valence-electron chi connectivity index (χ1n) is 4.58. The zero-order valence-electron chi connectivity index (χ0n) is 9.83. The van der Waals surface area contributed by atoms with E-state index in [1.807, 2.05) is 13.8 Å². The van der Waals surface area contributed by atoms with Crippen LogP contribution in [0.25, 0.3) is 0 Å². The summed E-state index contributed by atoms with van der Waals surface area (Å²) in [5.41, 5.74) is -0.0370. The minimum atomic E-state index is -2.70. The highest BCUT2D eigenvalue weighted by Gasteiger charge is 2.48. The van der Waals surface area contributed by atoms with E-state index < -0.39 is 8.80 Å². The molecule has 0 aromatic carbocycles. The third-order valence-corrected chi connectivity index (χ3v) is 6.12. The highest BCUT2D eigenvalue weighted by molar-refractivity contribution is 7.81. The second kappa shape index (κ2) is 6.77. The van der Waals surface area contributed by atoms with Gasteiger partial charge in [-0.15, -0.1) is 0 Å². The van der Waals surface area contributed by atoms with Crippen molar-refractivity contribution in [2.45, 2.75) is 25.8 Å². The van der Waals surface area contributed by atoms with Crippen LogP contribution < -0.4 is 0 Å². The van der Waals surface area contributed by atoms with Crippen LogP contribution in [0.5, 0.6) is 0 Å². The fraction of sp³-hybridized carbons (Fsp3) is 0.778. The van der Waals surface area contributed by atoms with Gasteiger partial charge in [0.1, 0.15) is 0 Å². The Morgan fingerprint density at radius 2 is 1.47 bits per heavy atom. The Hall–Kier alpha value is 0.277. The minimum Gasteiger partial charge on any atom is -0.376 e. The lowest BCUT2D eigenvalue weighted by molar-refractivity contribution is 0.119. The highest BCUT2D eigenvalue weighted by atomic mass is 32.1. The SMILES string of the molecule is CO[Si](OC)(OC)C(CC(C)=S)C(C)=S. The summed E-state index contributed by atoms with van der Waals surface area (Å²) in [4.78, 5) is 1.70. The van der Waals surface area contributed by atoms with Gasteiger partial charge in [-0.05, 0) is 30.0 Å². The predicted octanol–water partition coefficient (Wildman–Crippen LogP) is 2.40. The van der Waals surface area contributed by atoms with Gasteiger partial charge in [0, 0.05) is 21.3 Å². The second-order valence-corrected chi connectivity index (χ2v) is 7.75. The third kappa shape index (κ3) is 3.97. The molecule has 0 amide bonds. The summed E-state index contributed by atoms with van der Waals surface area (Å²) in [6.45, 7) is 3.76. The van der Waals surface area contributed by atoms with Crippen LogP contribution in [0.2, 0.25) is 5.54 Å². The standard InChI is InChI=1S/C9H18O3S2Si/c1-7(13)6-9(8(2)14)15(10-3,11-4)12-5/h9H,6H2,1-5H3. The summed E-state index contributed by atoms with van der Waals surface area (Å²) in [6, 6.07) is 0. The highest BCUT2D eigenvalue weighted by Crippen LogP contribution is 2.29. The molecule has 6 heteroatoms. The van der Waals surface area contributed by atoms with E-state index in [-0.39, 0.29) is 5.54 Å². The monoisotopic (exact) mass is 266 g/mol. The first kappa shape index (κ1) is 15.3. The van der Waals surface area contributed by atoms with E-state index in [0.717, 1.165) is 9.73 Å². The van der Waals surface area contributed by atoms with Crippen LogP contribution in [0.3, 0.4) is 0 Å². The molecule has 0 aromatic rings. The Morgan fingerprint density at radius 3 is 1.67 bits per heavy atom. The van der Waals surface area contributed by atoms with Gasteiger partial charge in [-0.2, -0.15) is 0 Å². The molecule has 88 valence electrons. The fourth-order valence-corrected chi connectivity index (χ4v) is 4.72. The normalized spacial score (nSPS) is 13.7. The van der Waals surface area contributed by atoms with Crippen molar-refractivity contribution in [3.63, 3.8) is 0 Å². The summed E-state index contributed by atoms with van der Waals surface area (Å²) in [5.74, 6) is 0. The summed E-state index contributed by atoms with van der Waals surface area (Å²) in [6.07, 6.45) is 0.673. The van der Waals surface area contributed by atoms with Crippen molar-refractivity contribution in [2.75, 3.05) is 21.3 Å². The van der Waals surface area contributed by atoms with Crippen molar-refractivity contribution in [1.82, 2.24) is 0 Å². The fourth-order valence-electron chi connectivity index (χ4n) is 1.48. The van der Waals surface area contributed by atoms with E-state index in [4.69, 9.17) is 37.7 Å². The van der Waals surface area contributed by atoms with E-state index in [9.17, 15) is 0 Å². The average Bonchev–Trinajstić information content (AvgIpc) is 2.19. The Kier molecular flexibility index (Phi) is 6.90. The van der Waals surface area contributed by atoms with Crippen molar-refractivity contribution >= 4 is 43.0 Å². The quantitative estimate of drug-likeness (QED) is 0.521. The summed E-state index contributed by atoms with van der Waals surface area (Å²) >= 11 is 10.3. The maximum Gasteiger partial charge on any atom is 0.508 e. The van der Waals surface area contributed by atoms with Gasteiger partial charge in [0.2, 0.25) is 0 Å². The van der Waals surface area contributed by atoms with E-state index in [1.54, 1.807) is 21.3 Å². The Morgan fingerprint density at radius 1 is 1.07 bits per heavy atom. The molecule has 1 atom stereocenters. The minimum absolute atomic E-state index is 0.0370. The number of thiocarbonyl (C=S) groups is 2. The van der Waals surface area contributed by atoms with Gasteiger partial charge >= 0.3 is 8.80 Å². The van der Waals surface area contributed by atoms with Gasteiger partial charge in [0.15, 0.2) is 0 Å². The van der Waals surface area contributed by atoms with Crippen molar-refractivity contribution in [3.05, 3.63) is 0 Å². The largest absolute Gasteiger partial charge is 0.508 e. The van der Waals surface area contributed by atoms with Gasteiger partial charge in [-0.25, -0.2) is 0 Å². The third-order valence-electron chi connectivity index (χ3n) is 2.26. The van der Waals surface area contributed by atoms with Crippen molar-refractivity contribution < 1.29 is 13.3 Å². The maximum absolute atomic E-state index is 5.41. The molecule has 0 aliphatic heterocycles. The van der Waals surface area contributed by atoms with Crippen LogP contribution in [0.4, 0.5) is 0 Å². The smallest absolute Gasteiger partial charge is 0.376 e. The lowest BCUT2D eigenvalue weighted by Gasteiger charge is -2.32. The molecular formula is C9H18O3S2Si. The van der Waals surface area contributed by atoms with Crippen LogP contribution in [0.15, 0.2) is 0 Å². The molecule has 0 aliphatic rings. The molecule has 3 nitrogen and oxygen atoms in total. The van der Waals surface area contributed by atoms with Gasteiger partial charge in [0.25, 0.3) is 0 Å². The number of hydrogen-bond donors (Lipinski definition) is 0. The summed E-state index contributed by atoms with van der Waals surface area (Å²) in [5, 5.41) is 0. The van der Waals surface area contributed by atoms with Gasteiger partial charge in [0.05, 0.1) is 5.54 Å². The van der Waals surface area contributed by atoms with Crippen LogP contribution in [0, 0.1) is 0 Å². The van der Waals surface area contributed by atoms with E-state index in [0.29, 0.717) is 6.42 Å². The van der Waals surface area contributed by atoms with Crippen LogP contribution in [-0.2, 0) is 13.3 Å². The van der Waals surface area contributed by atoms with E-state index in [2.05, 4.69) is 0 Å². The predicted molar refractivity (Wildman–Crippen MR) is 71.7 cm³/mol. The molecule has 0 saturated heterocycles. The lowest BCUT2D eigenvalue weighted by Crippen LogP contribution is -2.50. The maximum atomic E-state index is 5.41. The Balaban J connectivity index is 4.99. The molecule has 0 aromatic heterocycles. The molecule has 0 radical (unpaired) electrons. The molecule has 0 fully saturated rings. The van der Waals surface area contributed by atoms with Crippen molar-refractivity contribution in [3.8, 4) is 0 Å². The molecule has 0 rings (SSSR count). The van der Waals surface area contributed by atoms with Gasteiger partial charge in [-0.1, -0.05) is 24.4 Å². The Labute approximate surface area is 103 Å². The molecule has 1 unspecified atom stereocenters. The molecule has 0 heterocycles. The van der Waals surface area contributed by atoms with Crippen LogP contribution in [0.1, 0.15) is 20.3 Å². The first-order valence-corrected chi connectivity index (χ1v) is 7.20. The molecule has 0 N–H and O–H groups in total. The first-order chi connectivity index (χ1) is 6.93. The van der Waals surface area contributed by atoms with Crippen LogP contribution >= 0.6 is 24.4 Å². The molecule has 0 spiro atoms. The number of rotatable bonds is 7. The zero-order chi connectivity index (χ0) is 12.1. The summed E-state index contributed by atoms with van der Waals surface area (Å²) in [7, 11) is 2.06. The van der Waals surface area contributed by atoms with Gasteiger partial charge in [-0.3, -0.25) is 0 Å². The zero-order valence-corrected chi connectivity index (χ0v) is 12.5. The molecule has 0 aliphatic carbocycles. The van der Waals surface area contributed by atoms with Crippen molar-refractivity contribution in [1.29, 1.82) is 0 Å². The molecule has 0 bridgehead atoms. The van der Waals surface area contributed by atoms with E-state index >= 15 is 0 Å². The van der Waals surface area contributed by atoms with Gasteiger partial charge < -0.3 is 13.3 Å². The van der Waals surface area contributed by atoms with Crippen molar-refractivity contribution in [2.24, 2.45) is 0 Å². The second-order valence-electron chi connectivity index (χ2n) is 3.29. The molecule has 15 heavy (non-hydrogen) atoms. The van der Waals surface area contributed by atoms with E-state index in [1.165, 1.54) is 0 Å². The molecular weight excluding hydrogens is 248 g/mol. The lowest BCUT2D eigenvalue weighted by atomic mass is 10.2. The summed E-state index contributed by atoms with van der Waals surface area (Å²) < 4.78 is 16.2.